The zero-order chi connectivity index (χ0) is 19.3. The highest BCUT2D eigenvalue weighted by molar-refractivity contribution is 5.83. The number of ether oxygens (including phenoxy) is 1. The number of amides is 1. The quantitative estimate of drug-likeness (QED) is 0.811. The van der Waals surface area contributed by atoms with E-state index in [0.717, 1.165) is 19.5 Å². The number of nitrogens with zero attached hydrogens (tertiary/aromatic N) is 2. The largest absolute Gasteiger partial charge is 0.444 e. The van der Waals surface area contributed by atoms with Gasteiger partial charge in [-0.1, -0.05) is 42.8 Å². The van der Waals surface area contributed by atoms with Crippen molar-refractivity contribution < 1.29 is 9.53 Å². The number of carbonyl (C=O) groups is 1. The third-order valence-corrected chi connectivity index (χ3v) is 4.64. The second-order valence-electron chi connectivity index (χ2n) is 8.07. The molecule has 0 unspecified atom stereocenters. The second-order valence-corrected chi connectivity index (χ2v) is 8.07. The van der Waals surface area contributed by atoms with Crippen molar-refractivity contribution in [2.75, 3.05) is 11.9 Å². The molecule has 0 saturated carbocycles. The molecular weight excluding hydrogens is 338 g/mol. The summed E-state index contributed by atoms with van der Waals surface area (Å²) in [5, 5.41) is 2.69. The number of carbonyl (C=O) groups excluding carboxylic acids is 1. The lowest BCUT2D eigenvalue weighted by atomic mass is 9.95. The first-order chi connectivity index (χ1) is 12.9. The predicted octanol–water partition coefficient (Wildman–Crippen LogP) is 5.16. The van der Waals surface area contributed by atoms with Gasteiger partial charge in [-0.2, -0.15) is 0 Å². The fourth-order valence-corrected chi connectivity index (χ4v) is 3.46. The van der Waals surface area contributed by atoms with E-state index in [4.69, 9.17) is 4.74 Å². The van der Waals surface area contributed by atoms with Crippen LogP contribution in [0.2, 0.25) is 0 Å². The Morgan fingerprint density at radius 1 is 1.19 bits per heavy atom. The summed E-state index contributed by atoms with van der Waals surface area (Å²) in [5.74, 6) is 0.512. The van der Waals surface area contributed by atoms with Crippen LogP contribution in [-0.4, -0.2) is 28.1 Å². The van der Waals surface area contributed by atoms with Crippen LogP contribution < -0.4 is 5.32 Å². The van der Waals surface area contributed by atoms with Gasteiger partial charge in [-0.25, -0.2) is 9.78 Å². The van der Waals surface area contributed by atoms with E-state index in [1.165, 1.54) is 24.0 Å². The fraction of sp³-hybridized carbons (Fsp3) is 0.455. The van der Waals surface area contributed by atoms with Crippen molar-refractivity contribution in [1.82, 2.24) is 9.88 Å². The van der Waals surface area contributed by atoms with Gasteiger partial charge in [-0.3, -0.25) is 10.2 Å². The molecule has 3 rings (SSSR count). The molecule has 0 spiro atoms. The van der Waals surface area contributed by atoms with Crippen molar-refractivity contribution >= 4 is 11.9 Å². The number of anilines is 1. The smallest absolute Gasteiger partial charge is 0.413 e. The van der Waals surface area contributed by atoms with Crippen molar-refractivity contribution in [3.63, 3.8) is 0 Å². The minimum atomic E-state index is -0.524. The first kappa shape index (κ1) is 19.4. The molecule has 1 saturated heterocycles. The van der Waals surface area contributed by atoms with Gasteiger partial charge >= 0.3 is 6.09 Å². The lowest BCUT2D eigenvalue weighted by Crippen LogP contribution is -2.33. The standard InChI is InChI=1S/C22H29N3O2/c1-22(2,3)27-21(26)24-20-13-12-18(15-23-20)19-11-7-8-14-25(19)16-17-9-5-4-6-10-17/h4-6,9-10,12-13,15,19H,7-8,11,14,16H2,1-3H3,(H,23,24,26)/t19-/m1/s1. The third kappa shape index (κ3) is 5.79. The summed E-state index contributed by atoms with van der Waals surface area (Å²) in [7, 11) is 0. The third-order valence-electron chi connectivity index (χ3n) is 4.64. The molecule has 27 heavy (non-hydrogen) atoms. The summed E-state index contributed by atoms with van der Waals surface area (Å²) in [6.45, 7) is 7.56. The van der Waals surface area contributed by atoms with Crippen molar-refractivity contribution in [3.8, 4) is 0 Å². The van der Waals surface area contributed by atoms with Crippen molar-refractivity contribution in [3.05, 3.63) is 59.8 Å². The van der Waals surface area contributed by atoms with E-state index in [9.17, 15) is 4.79 Å². The van der Waals surface area contributed by atoms with E-state index in [-0.39, 0.29) is 0 Å². The molecular formula is C22H29N3O2. The molecule has 1 fully saturated rings. The topological polar surface area (TPSA) is 54.5 Å². The molecule has 2 heterocycles. The fourth-order valence-electron chi connectivity index (χ4n) is 3.46. The average Bonchev–Trinajstić information content (AvgIpc) is 2.62. The number of nitrogens with one attached hydrogen (secondary N) is 1. The Labute approximate surface area is 161 Å². The Morgan fingerprint density at radius 3 is 2.63 bits per heavy atom. The van der Waals surface area contributed by atoms with Crippen LogP contribution in [-0.2, 0) is 11.3 Å². The molecule has 1 aliphatic rings. The van der Waals surface area contributed by atoms with E-state index >= 15 is 0 Å². The van der Waals surface area contributed by atoms with E-state index < -0.39 is 11.7 Å². The van der Waals surface area contributed by atoms with Crippen LogP contribution in [0.1, 0.15) is 57.2 Å². The van der Waals surface area contributed by atoms with Crippen LogP contribution in [0.3, 0.4) is 0 Å². The van der Waals surface area contributed by atoms with E-state index in [2.05, 4.69) is 51.6 Å². The summed E-state index contributed by atoms with van der Waals surface area (Å²) in [4.78, 5) is 18.8. The molecule has 1 aromatic carbocycles. The van der Waals surface area contributed by atoms with Gasteiger partial charge in [0.1, 0.15) is 11.4 Å². The summed E-state index contributed by atoms with van der Waals surface area (Å²) in [5.41, 5.74) is 2.00. The highest BCUT2D eigenvalue weighted by Gasteiger charge is 2.24. The normalized spacial score (nSPS) is 18.1. The number of piperidine rings is 1. The van der Waals surface area contributed by atoms with Crippen LogP contribution in [0, 0.1) is 0 Å². The van der Waals surface area contributed by atoms with Crippen LogP contribution in [0.5, 0.6) is 0 Å². The van der Waals surface area contributed by atoms with Gasteiger partial charge in [0.2, 0.25) is 0 Å². The van der Waals surface area contributed by atoms with Gasteiger partial charge in [0.25, 0.3) is 0 Å². The van der Waals surface area contributed by atoms with Gasteiger partial charge in [-0.15, -0.1) is 0 Å². The van der Waals surface area contributed by atoms with Crippen LogP contribution in [0.25, 0.3) is 0 Å². The zero-order valence-electron chi connectivity index (χ0n) is 16.4. The monoisotopic (exact) mass is 367 g/mol. The number of benzene rings is 1. The SMILES string of the molecule is CC(C)(C)OC(=O)Nc1ccc([C@H]2CCCCN2Cc2ccccc2)cn1. The summed E-state index contributed by atoms with van der Waals surface area (Å²) in [6, 6.07) is 14.9. The molecule has 1 amide bonds. The van der Waals surface area contributed by atoms with Gasteiger partial charge < -0.3 is 4.74 Å². The molecule has 1 atom stereocenters. The molecule has 0 bridgehead atoms. The second kappa shape index (κ2) is 8.53. The first-order valence-electron chi connectivity index (χ1n) is 9.65. The van der Waals surface area contributed by atoms with Gasteiger partial charge in [-0.05, 0) is 57.4 Å². The molecule has 0 aliphatic carbocycles. The van der Waals surface area contributed by atoms with Crippen molar-refractivity contribution in [2.24, 2.45) is 0 Å². The summed E-state index contributed by atoms with van der Waals surface area (Å²) >= 11 is 0. The molecule has 1 aromatic heterocycles. The zero-order valence-corrected chi connectivity index (χ0v) is 16.4. The average molecular weight is 367 g/mol. The Hall–Kier alpha value is -2.40. The molecule has 1 N–H and O–H groups in total. The number of aromatic nitrogens is 1. The molecule has 2 aromatic rings. The number of hydrogen-bond acceptors (Lipinski definition) is 4. The van der Waals surface area contributed by atoms with Crippen LogP contribution >= 0.6 is 0 Å². The Balaban J connectivity index is 1.66. The first-order valence-corrected chi connectivity index (χ1v) is 9.65. The predicted molar refractivity (Wildman–Crippen MR) is 108 cm³/mol. The van der Waals surface area contributed by atoms with Crippen LogP contribution in [0.4, 0.5) is 10.6 Å². The van der Waals surface area contributed by atoms with Gasteiger partial charge in [0, 0.05) is 18.8 Å². The minimum Gasteiger partial charge on any atom is -0.444 e. The molecule has 5 heteroatoms. The Kier molecular flexibility index (Phi) is 6.11. The maximum atomic E-state index is 11.9. The lowest BCUT2D eigenvalue weighted by molar-refractivity contribution is 0.0635. The van der Waals surface area contributed by atoms with Crippen LogP contribution in [0.15, 0.2) is 48.7 Å². The minimum absolute atomic E-state index is 0.363. The highest BCUT2D eigenvalue weighted by atomic mass is 16.6. The maximum absolute atomic E-state index is 11.9. The molecule has 1 aliphatic heterocycles. The number of likely N-dealkylation sites (tertiary alicyclic amines) is 1. The van der Waals surface area contributed by atoms with Gasteiger partial charge in [0.15, 0.2) is 0 Å². The highest BCUT2D eigenvalue weighted by Crippen LogP contribution is 2.32. The van der Waals surface area contributed by atoms with E-state index in [0.29, 0.717) is 11.9 Å². The number of pyridine rings is 1. The number of hydrogen-bond donors (Lipinski definition) is 1. The molecule has 0 radical (unpaired) electrons. The maximum Gasteiger partial charge on any atom is 0.413 e. The van der Waals surface area contributed by atoms with E-state index in [1.807, 2.05) is 33.0 Å². The van der Waals surface area contributed by atoms with Crippen molar-refractivity contribution in [2.45, 2.75) is 58.2 Å². The van der Waals surface area contributed by atoms with Gasteiger partial charge in [0.05, 0.1) is 0 Å². The Morgan fingerprint density at radius 2 is 1.96 bits per heavy atom. The van der Waals surface area contributed by atoms with Crippen molar-refractivity contribution in [1.29, 1.82) is 0 Å². The summed E-state index contributed by atoms with van der Waals surface area (Å²) < 4.78 is 5.27. The molecule has 144 valence electrons. The molecule has 5 nitrogen and oxygen atoms in total. The Bertz CT molecular complexity index is 738. The summed E-state index contributed by atoms with van der Waals surface area (Å²) in [6.07, 6.45) is 4.99. The number of rotatable bonds is 4. The van der Waals surface area contributed by atoms with E-state index in [1.54, 1.807) is 0 Å². The lowest BCUT2D eigenvalue weighted by Gasteiger charge is -2.36.